The fraction of sp³-hybridized carbons (Fsp3) is 0.800. The second-order valence-electron chi connectivity index (χ2n) is 5.91. The van der Waals surface area contributed by atoms with E-state index in [0.717, 1.165) is 13.1 Å². The first kappa shape index (κ1) is 14.5. The largest absolute Gasteiger partial charge is 0.311 e. The Hall–Kier alpha value is -0.870. The Morgan fingerprint density at radius 3 is 2.84 bits per heavy atom. The lowest BCUT2D eigenvalue weighted by molar-refractivity contribution is 0.391. The van der Waals surface area contributed by atoms with Crippen LogP contribution in [-0.2, 0) is 6.54 Å². The molecule has 2 rings (SSSR count). The monoisotopic (exact) mass is 264 g/mol. The van der Waals surface area contributed by atoms with Crippen LogP contribution in [0.5, 0.6) is 0 Å². The minimum absolute atomic E-state index is 0.661. The number of nitrogens with zero attached hydrogens (tertiary/aromatic N) is 3. The number of hydrogen-bond donors (Lipinski definition) is 1. The summed E-state index contributed by atoms with van der Waals surface area (Å²) in [5.41, 5.74) is 1.18. The van der Waals surface area contributed by atoms with Crippen molar-refractivity contribution >= 4 is 0 Å². The highest BCUT2D eigenvalue weighted by Crippen LogP contribution is 2.28. The van der Waals surface area contributed by atoms with Crippen LogP contribution in [0, 0.1) is 0 Å². The van der Waals surface area contributed by atoms with Crippen LogP contribution in [0.1, 0.15) is 50.3 Å². The van der Waals surface area contributed by atoms with E-state index in [2.05, 4.69) is 46.4 Å². The van der Waals surface area contributed by atoms with Gasteiger partial charge < -0.3 is 10.2 Å². The van der Waals surface area contributed by atoms with Gasteiger partial charge in [-0.15, -0.1) is 0 Å². The molecule has 1 heterocycles. The van der Waals surface area contributed by atoms with Gasteiger partial charge in [-0.25, -0.2) is 0 Å². The van der Waals surface area contributed by atoms with Crippen molar-refractivity contribution in [3.8, 4) is 0 Å². The van der Waals surface area contributed by atoms with Crippen molar-refractivity contribution in [2.45, 2.75) is 51.1 Å². The summed E-state index contributed by atoms with van der Waals surface area (Å²) in [4.78, 5) is 2.24. The molecular weight excluding hydrogens is 236 g/mol. The third-order valence-corrected chi connectivity index (χ3v) is 3.88. The molecule has 108 valence electrons. The molecule has 0 unspecified atom stereocenters. The van der Waals surface area contributed by atoms with Gasteiger partial charge in [-0.05, 0) is 58.9 Å². The summed E-state index contributed by atoms with van der Waals surface area (Å²) in [5, 5.41) is 8.17. The molecule has 1 aromatic heterocycles. The van der Waals surface area contributed by atoms with Crippen molar-refractivity contribution in [1.82, 2.24) is 20.0 Å². The van der Waals surface area contributed by atoms with Gasteiger partial charge in [0.1, 0.15) is 0 Å². The predicted octanol–water partition coefficient (Wildman–Crippen LogP) is 2.43. The molecule has 1 aromatic rings. The van der Waals surface area contributed by atoms with Crippen molar-refractivity contribution in [3.05, 3.63) is 18.0 Å². The Kier molecular flexibility index (Phi) is 5.86. The van der Waals surface area contributed by atoms with Crippen LogP contribution in [0.3, 0.4) is 0 Å². The molecule has 0 amide bonds. The summed E-state index contributed by atoms with van der Waals surface area (Å²) in [6.07, 6.45) is 9.99. The van der Waals surface area contributed by atoms with Gasteiger partial charge in [0.2, 0.25) is 0 Å². The third kappa shape index (κ3) is 4.96. The van der Waals surface area contributed by atoms with Gasteiger partial charge in [0.25, 0.3) is 0 Å². The van der Waals surface area contributed by atoms with Gasteiger partial charge in [0, 0.05) is 12.7 Å². The summed E-state index contributed by atoms with van der Waals surface area (Å²) >= 11 is 0. The van der Waals surface area contributed by atoms with E-state index in [1.54, 1.807) is 0 Å². The molecule has 0 spiro atoms. The number of unbranched alkanes of at least 4 members (excludes halogenated alkanes) is 1. The van der Waals surface area contributed by atoms with E-state index in [0.29, 0.717) is 6.04 Å². The molecule has 4 nitrogen and oxygen atoms in total. The van der Waals surface area contributed by atoms with Crippen LogP contribution in [0.15, 0.2) is 12.3 Å². The van der Waals surface area contributed by atoms with E-state index in [4.69, 9.17) is 0 Å². The van der Waals surface area contributed by atoms with Crippen molar-refractivity contribution in [3.63, 3.8) is 0 Å². The molecule has 19 heavy (non-hydrogen) atoms. The second-order valence-corrected chi connectivity index (χ2v) is 5.91. The zero-order valence-corrected chi connectivity index (χ0v) is 12.4. The van der Waals surface area contributed by atoms with Crippen molar-refractivity contribution in [2.24, 2.45) is 0 Å². The lowest BCUT2D eigenvalue weighted by atomic mass is 10.3. The highest BCUT2D eigenvalue weighted by molar-refractivity contribution is 4.99. The Morgan fingerprint density at radius 2 is 2.11 bits per heavy atom. The number of hydrogen-bond acceptors (Lipinski definition) is 3. The summed E-state index contributed by atoms with van der Waals surface area (Å²) in [5.74, 6) is 0. The van der Waals surface area contributed by atoms with E-state index in [1.165, 1.54) is 50.8 Å². The summed E-state index contributed by atoms with van der Waals surface area (Å²) in [6, 6.07) is 2.82. The van der Waals surface area contributed by atoms with E-state index in [-0.39, 0.29) is 0 Å². The van der Waals surface area contributed by atoms with E-state index in [9.17, 15) is 0 Å². The van der Waals surface area contributed by atoms with E-state index >= 15 is 0 Å². The summed E-state index contributed by atoms with van der Waals surface area (Å²) in [7, 11) is 4.26. The van der Waals surface area contributed by atoms with Gasteiger partial charge >= 0.3 is 0 Å². The van der Waals surface area contributed by atoms with Crippen molar-refractivity contribution in [1.29, 1.82) is 0 Å². The van der Waals surface area contributed by atoms with Crippen LogP contribution in [0.4, 0.5) is 0 Å². The van der Waals surface area contributed by atoms with Crippen molar-refractivity contribution in [2.75, 3.05) is 27.2 Å². The normalized spacial score (nSPS) is 16.6. The average molecular weight is 264 g/mol. The smallest absolute Gasteiger partial charge is 0.0762 e. The lowest BCUT2D eigenvalue weighted by Gasteiger charge is -2.09. The molecule has 1 N–H and O–H groups in total. The Balaban J connectivity index is 1.61. The van der Waals surface area contributed by atoms with Gasteiger partial charge in [-0.1, -0.05) is 12.8 Å². The topological polar surface area (TPSA) is 33.1 Å². The molecule has 1 aliphatic carbocycles. The summed E-state index contributed by atoms with van der Waals surface area (Å²) < 4.78 is 2.18. The molecule has 1 saturated carbocycles. The number of nitrogens with one attached hydrogen (secondary N) is 1. The van der Waals surface area contributed by atoms with Gasteiger partial charge in [0.15, 0.2) is 0 Å². The van der Waals surface area contributed by atoms with Crippen LogP contribution >= 0.6 is 0 Å². The molecular formula is C15H28N4. The highest BCUT2D eigenvalue weighted by Gasteiger charge is 2.17. The molecule has 1 aliphatic rings. The molecule has 4 heteroatoms. The second kappa shape index (κ2) is 7.65. The van der Waals surface area contributed by atoms with E-state index in [1.807, 2.05) is 0 Å². The summed E-state index contributed by atoms with van der Waals surface area (Å²) in [6.45, 7) is 3.17. The maximum atomic E-state index is 4.68. The van der Waals surface area contributed by atoms with Gasteiger partial charge in [-0.3, -0.25) is 4.68 Å². The Morgan fingerprint density at radius 1 is 1.32 bits per heavy atom. The lowest BCUT2D eigenvalue weighted by Crippen LogP contribution is -2.18. The van der Waals surface area contributed by atoms with E-state index < -0.39 is 0 Å². The van der Waals surface area contributed by atoms with Gasteiger partial charge in [0.05, 0.1) is 11.7 Å². The zero-order chi connectivity index (χ0) is 13.5. The fourth-order valence-corrected chi connectivity index (χ4v) is 2.74. The van der Waals surface area contributed by atoms with Crippen LogP contribution in [0.25, 0.3) is 0 Å². The fourth-order valence-electron chi connectivity index (χ4n) is 2.74. The first-order valence-corrected chi connectivity index (χ1v) is 7.65. The number of aromatic nitrogens is 2. The molecule has 0 saturated heterocycles. The first-order chi connectivity index (χ1) is 9.25. The third-order valence-electron chi connectivity index (χ3n) is 3.88. The molecule has 0 bridgehead atoms. The minimum Gasteiger partial charge on any atom is -0.311 e. The molecule has 0 aromatic carbocycles. The predicted molar refractivity (Wildman–Crippen MR) is 79.2 cm³/mol. The van der Waals surface area contributed by atoms with Crippen LogP contribution < -0.4 is 5.32 Å². The minimum atomic E-state index is 0.661. The Labute approximate surface area is 117 Å². The molecule has 0 aliphatic heterocycles. The maximum Gasteiger partial charge on any atom is 0.0762 e. The first-order valence-electron chi connectivity index (χ1n) is 7.65. The van der Waals surface area contributed by atoms with Crippen molar-refractivity contribution < 1.29 is 0 Å². The molecule has 1 fully saturated rings. The quantitative estimate of drug-likeness (QED) is 0.732. The SMILES string of the molecule is CN(C)CCCCNCc1ccn(C2CCCC2)n1. The van der Waals surface area contributed by atoms with Gasteiger partial charge in [-0.2, -0.15) is 5.10 Å². The van der Waals surface area contributed by atoms with Crippen LogP contribution in [-0.4, -0.2) is 41.9 Å². The standard InChI is InChI=1S/C15H28N4/c1-18(2)11-6-5-10-16-13-14-9-12-19(17-14)15-7-3-4-8-15/h9,12,15-16H,3-8,10-11,13H2,1-2H3. The zero-order valence-electron chi connectivity index (χ0n) is 12.4. The highest BCUT2D eigenvalue weighted by atomic mass is 15.3. The molecule has 0 radical (unpaired) electrons. The average Bonchev–Trinajstić information content (AvgIpc) is 3.03. The maximum absolute atomic E-state index is 4.68. The Bertz CT molecular complexity index is 353. The number of rotatable bonds is 8. The van der Waals surface area contributed by atoms with Crippen LogP contribution in [0.2, 0.25) is 0 Å². The molecule has 0 atom stereocenters.